The largest absolute Gasteiger partial charge is 0.465 e. The van der Waals surface area contributed by atoms with Crippen molar-refractivity contribution < 1.29 is 32.2 Å². The van der Waals surface area contributed by atoms with Crippen molar-refractivity contribution in [1.82, 2.24) is 24.8 Å². The average molecular weight is 672 g/mol. The molecule has 0 bridgehead atoms. The maximum absolute atomic E-state index is 16.6. The molecule has 2 atom stereocenters. The number of ether oxygens (including phenoxy) is 1. The fourth-order valence-corrected chi connectivity index (χ4v) is 6.73. The Bertz CT molecular complexity index is 1910. The SMILES string of the molecule is CC(C)N1CC(F)(F)C[C@H]1COc1nc(N2CCN(C(=O)O)[C@@H](CC#N)C2)c2cnc(-c3cccc4ccc(F)c(Cl)c34)c(F)c2n1. The molecule has 2 aromatic carbocycles. The molecule has 1 N–H and O–H groups in total. The fourth-order valence-electron chi connectivity index (χ4n) is 6.45. The normalized spacial score (nSPS) is 19.9. The highest BCUT2D eigenvalue weighted by Crippen LogP contribution is 2.39. The Morgan fingerprint density at radius 1 is 1.19 bits per heavy atom. The van der Waals surface area contributed by atoms with E-state index in [9.17, 15) is 28.3 Å². The van der Waals surface area contributed by atoms with Crippen LogP contribution in [-0.2, 0) is 0 Å². The Kier molecular flexibility index (Phi) is 8.71. The van der Waals surface area contributed by atoms with Gasteiger partial charge in [-0.25, -0.2) is 22.4 Å². The lowest BCUT2D eigenvalue weighted by Crippen LogP contribution is -2.55. The number of pyridine rings is 1. The molecule has 0 radical (unpaired) electrons. The van der Waals surface area contributed by atoms with Gasteiger partial charge in [-0.15, -0.1) is 0 Å². The molecule has 2 fully saturated rings. The summed E-state index contributed by atoms with van der Waals surface area (Å²) in [5.41, 5.74) is -0.140. The van der Waals surface area contributed by atoms with Crippen molar-refractivity contribution in [3.05, 3.63) is 53.2 Å². The predicted octanol–water partition coefficient (Wildman–Crippen LogP) is 6.36. The number of hydrogen-bond donors (Lipinski definition) is 1. The molecule has 0 saturated carbocycles. The molecule has 0 spiro atoms. The number of amides is 1. The van der Waals surface area contributed by atoms with E-state index in [4.69, 9.17) is 16.3 Å². The predicted molar refractivity (Wildman–Crippen MR) is 167 cm³/mol. The Balaban J connectivity index is 1.46. The van der Waals surface area contributed by atoms with Gasteiger partial charge in [-0.1, -0.05) is 35.9 Å². The molecule has 15 heteroatoms. The van der Waals surface area contributed by atoms with Crippen LogP contribution in [0.15, 0.2) is 36.5 Å². The third kappa shape index (κ3) is 6.17. The first-order valence-electron chi connectivity index (χ1n) is 15.0. The molecule has 0 unspecified atom stereocenters. The summed E-state index contributed by atoms with van der Waals surface area (Å²) in [6.45, 7) is 3.25. The number of carbonyl (C=O) groups is 1. The molecule has 4 aromatic rings. The number of anilines is 1. The highest BCUT2D eigenvalue weighted by Gasteiger charge is 2.46. The average Bonchev–Trinajstić information content (AvgIpc) is 3.36. The number of alkyl halides is 2. The Morgan fingerprint density at radius 2 is 1.98 bits per heavy atom. The van der Waals surface area contributed by atoms with Gasteiger partial charge in [0.05, 0.1) is 41.5 Å². The molecule has 1 amide bonds. The molecule has 246 valence electrons. The van der Waals surface area contributed by atoms with E-state index in [1.54, 1.807) is 28.0 Å². The van der Waals surface area contributed by atoms with E-state index in [0.717, 1.165) is 0 Å². The first kappa shape index (κ1) is 32.5. The maximum Gasteiger partial charge on any atom is 0.407 e. The quantitative estimate of drug-likeness (QED) is 0.224. The zero-order valence-electron chi connectivity index (χ0n) is 25.4. The molecule has 2 aromatic heterocycles. The number of hydrogen-bond acceptors (Lipinski definition) is 8. The van der Waals surface area contributed by atoms with Crippen molar-refractivity contribution in [3.8, 4) is 23.3 Å². The topological polar surface area (TPSA) is 119 Å². The molecular weight excluding hydrogens is 642 g/mol. The number of nitrogens with zero attached hydrogens (tertiary/aromatic N) is 7. The van der Waals surface area contributed by atoms with E-state index < -0.39 is 48.7 Å². The second-order valence-electron chi connectivity index (χ2n) is 12.0. The number of fused-ring (bicyclic) bond motifs is 2. The van der Waals surface area contributed by atoms with Crippen LogP contribution in [0.3, 0.4) is 0 Å². The fraction of sp³-hybridized carbons (Fsp3) is 0.406. The number of piperazine rings is 1. The number of nitriles is 1. The number of aromatic nitrogens is 3. The zero-order valence-corrected chi connectivity index (χ0v) is 26.2. The van der Waals surface area contributed by atoms with Gasteiger partial charge in [-0.2, -0.15) is 15.2 Å². The molecule has 10 nitrogen and oxygen atoms in total. The van der Waals surface area contributed by atoms with Crippen LogP contribution >= 0.6 is 11.6 Å². The van der Waals surface area contributed by atoms with Gasteiger partial charge < -0.3 is 19.6 Å². The summed E-state index contributed by atoms with van der Waals surface area (Å²) in [4.78, 5) is 29.6. The van der Waals surface area contributed by atoms with Crippen LogP contribution in [0.4, 0.5) is 28.2 Å². The van der Waals surface area contributed by atoms with Crippen LogP contribution in [0.5, 0.6) is 6.01 Å². The van der Waals surface area contributed by atoms with Crippen molar-refractivity contribution in [2.45, 2.75) is 50.7 Å². The Morgan fingerprint density at radius 3 is 2.70 bits per heavy atom. The van der Waals surface area contributed by atoms with Gasteiger partial charge in [0, 0.05) is 49.2 Å². The lowest BCUT2D eigenvalue weighted by atomic mass is 10.0. The van der Waals surface area contributed by atoms with E-state index in [1.807, 2.05) is 19.9 Å². The van der Waals surface area contributed by atoms with Crippen molar-refractivity contribution in [3.63, 3.8) is 0 Å². The molecule has 2 aliphatic rings. The van der Waals surface area contributed by atoms with Crippen LogP contribution in [-0.4, -0.2) is 92.8 Å². The molecule has 2 aliphatic heterocycles. The lowest BCUT2D eigenvalue weighted by Gasteiger charge is -2.39. The summed E-state index contributed by atoms with van der Waals surface area (Å²) in [5.74, 6) is -4.29. The second kappa shape index (κ2) is 12.6. The van der Waals surface area contributed by atoms with E-state index in [1.165, 1.54) is 23.2 Å². The molecule has 4 heterocycles. The summed E-state index contributed by atoms with van der Waals surface area (Å²) in [6, 6.07) is 7.85. The minimum absolute atomic E-state index is 0.0396. The molecule has 2 saturated heterocycles. The van der Waals surface area contributed by atoms with E-state index >= 15 is 4.39 Å². The van der Waals surface area contributed by atoms with Gasteiger partial charge in [-0.05, 0) is 25.3 Å². The molecule has 0 aliphatic carbocycles. The van der Waals surface area contributed by atoms with E-state index in [2.05, 4.69) is 15.0 Å². The first-order valence-corrected chi connectivity index (χ1v) is 15.4. The molecule has 6 rings (SSSR count). The zero-order chi connectivity index (χ0) is 33.6. The highest BCUT2D eigenvalue weighted by molar-refractivity contribution is 6.36. The summed E-state index contributed by atoms with van der Waals surface area (Å²) < 4.78 is 65.8. The molecule has 47 heavy (non-hydrogen) atoms. The van der Waals surface area contributed by atoms with Gasteiger partial charge in [0.25, 0.3) is 5.92 Å². The summed E-state index contributed by atoms with van der Waals surface area (Å²) in [7, 11) is 0. The van der Waals surface area contributed by atoms with Gasteiger partial charge in [0.2, 0.25) is 0 Å². The number of benzene rings is 2. The first-order chi connectivity index (χ1) is 22.4. The highest BCUT2D eigenvalue weighted by atomic mass is 35.5. The van der Waals surface area contributed by atoms with Crippen LogP contribution in [0.2, 0.25) is 5.02 Å². The smallest absolute Gasteiger partial charge is 0.407 e. The second-order valence-corrected chi connectivity index (χ2v) is 12.4. The van der Waals surface area contributed by atoms with Crippen molar-refractivity contribution in [2.24, 2.45) is 0 Å². The Hall–Kier alpha value is -4.48. The number of halogens is 5. The Labute approximate surface area is 272 Å². The van der Waals surface area contributed by atoms with Crippen LogP contribution < -0.4 is 9.64 Å². The van der Waals surface area contributed by atoms with Crippen LogP contribution in [0.1, 0.15) is 26.7 Å². The number of likely N-dealkylation sites (tertiary alicyclic amines) is 1. The third-order valence-electron chi connectivity index (χ3n) is 8.67. The minimum Gasteiger partial charge on any atom is -0.465 e. The number of rotatable bonds is 7. The van der Waals surface area contributed by atoms with Crippen LogP contribution in [0, 0.1) is 23.0 Å². The van der Waals surface area contributed by atoms with Crippen molar-refractivity contribution in [2.75, 3.05) is 37.7 Å². The van der Waals surface area contributed by atoms with Gasteiger partial charge in [0.15, 0.2) is 5.82 Å². The van der Waals surface area contributed by atoms with Crippen molar-refractivity contribution in [1.29, 1.82) is 5.26 Å². The van der Waals surface area contributed by atoms with Gasteiger partial charge >= 0.3 is 12.1 Å². The lowest BCUT2D eigenvalue weighted by molar-refractivity contribution is 0.00914. The van der Waals surface area contributed by atoms with Crippen LogP contribution in [0.25, 0.3) is 32.9 Å². The molecular formula is C32H30ClF4N7O3. The number of carboxylic acid groups (broad SMARTS) is 1. The van der Waals surface area contributed by atoms with E-state index in [0.29, 0.717) is 5.39 Å². The van der Waals surface area contributed by atoms with E-state index in [-0.39, 0.29) is 83.1 Å². The van der Waals surface area contributed by atoms with Gasteiger partial charge in [0.1, 0.15) is 29.5 Å². The summed E-state index contributed by atoms with van der Waals surface area (Å²) in [6.07, 6.45) is -0.336. The maximum atomic E-state index is 16.6. The summed E-state index contributed by atoms with van der Waals surface area (Å²) in [5, 5.41) is 19.8. The standard InChI is InChI=1S/C32H30ClF4N7O3/c1-17(2)44-16-32(36,37)12-20(44)15-47-30-40-28-22(29(41-30)42-10-11-43(31(45)46)19(14-42)8-9-38)13-39-27(26(28)35)21-5-3-4-18-6-7-23(34)25(33)24(18)21/h3-7,13,17,19-20H,8,10-12,14-16H2,1-2H3,(H,45,46)/t19-,20-/m0/s1. The monoisotopic (exact) mass is 671 g/mol. The summed E-state index contributed by atoms with van der Waals surface area (Å²) >= 11 is 6.33. The van der Waals surface area contributed by atoms with Crippen molar-refractivity contribution >= 4 is 45.2 Å². The third-order valence-corrected chi connectivity index (χ3v) is 9.04. The van der Waals surface area contributed by atoms with Gasteiger partial charge in [-0.3, -0.25) is 9.88 Å². The minimum atomic E-state index is -2.90.